The number of guanidine groups is 1. The predicted octanol–water partition coefficient (Wildman–Crippen LogP) is -2.43. The van der Waals surface area contributed by atoms with Gasteiger partial charge in [-0.1, -0.05) is 0 Å². The maximum Gasteiger partial charge on any atom is 0.323 e. The van der Waals surface area contributed by atoms with Crippen molar-refractivity contribution in [1.29, 1.82) is 0 Å². The zero-order valence-corrected chi connectivity index (χ0v) is 12.6. The Morgan fingerprint density at radius 2 is 2.05 bits per heavy atom. The second-order valence-electron chi connectivity index (χ2n) is 4.86. The molecule has 1 aliphatic heterocycles. The number of morpholine rings is 1. The number of benzene rings is 1. The Kier molecular flexibility index (Phi) is 3.72. The highest BCUT2D eigenvalue weighted by molar-refractivity contribution is 7.89. The van der Waals surface area contributed by atoms with Gasteiger partial charge in [0.25, 0.3) is 5.96 Å². The highest BCUT2D eigenvalue weighted by atomic mass is 32.2. The number of H-pyrrole nitrogens is 1. The molecule has 1 fully saturated rings. The largest absolute Gasteiger partial charge is 0.379 e. The van der Waals surface area contributed by atoms with E-state index in [1.165, 1.54) is 10.4 Å². The van der Waals surface area contributed by atoms with E-state index in [0.29, 0.717) is 43.3 Å². The van der Waals surface area contributed by atoms with E-state index in [2.05, 4.69) is 15.0 Å². The van der Waals surface area contributed by atoms with Gasteiger partial charge in [0.1, 0.15) is 11.0 Å². The molecule has 1 aromatic carbocycles. The van der Waals surface area contributed by atoms with Gasteiger partial charge in [0.2, 0.25) is 10.0 Å². The van der Waals surface area contributed by atoms with Crippen LogP contribution in [0.15, 0.2) is 23.1 Å². The van der Waals surface area contributed by atoms with Crippen molar-refractivity contribution in [3.05, 3.63) is 18.2 Å². The average molecular weight is 325 g/mol. The Labute approximate surface area is 127 Å². The van der Waals surface area contributed by atoms with E-state index in [4.69, 9.17) is 16.2 Å². The number of imidazole rings is 1. The number of nitrogens with one attached hydrogen (secondary N) is 2. The molecule has 0 unspecified atom stereocenters. The molecule has 0 atom stereocenters. The van der Waals surface area contributed by atoms with Crippen molar-refractivity contribution in [2.75, 3.05) is 26.3 Å². The van der Waals surface area contributed by atoms with Crippen LogP contribution in [-0.4, -0.2) is 55.0 Å². The number of aromatic amines is 1. The van der Waals surface area contributed by atoms with Gasteiger partial charge in [-0.2, -0.15) is 4.31 Å². The molecule has 2 aromatic rings. The normalized spacial score (nSPS) is 16.7. The molecule has 0 bridgehead atoms. The monoisotopic (exact) mass is 325 g/mol. The van der Waals surface area contributed by atoms with Gasteiger partial charge in [-0.15, -0.1) is 4.98 Å². The Balaban J connectivity index is 1.99. The molecule has 1 saturated heterocycles. The van der Waals surface area contributed by atoms with Gasteiger partial charge >= 0.3 is 5.95 Å². The third kappa shape index (κ3) is 2.75. The Morgan fingerprint density at radius 1 is 1.32 bits per heavy atom. The summed E-state index contributed by atoms with van der Waals surface area (Å²) in [7, 11) is -3.54. The summed E-state index contributed by atoms with van der Waals surface area (Å²) >= 11 is 0. The number of rotatable bonds is 3. The summed E-state index contributed by atoms with van der Waals surface area (Å²) in [4.78, 5) is 10.00. The van der Waals surface area contributed by atoms with Crippen LogP contribution in [-0.2, 0) is 14.8 Å². The number of nitrogens with two attached hydrogens (primary N) is 2. The van der Waals surface area contributed by atoms with E-state index >= 15 is 0 Å². The van der Waals surface area contributed by atoms with Crippen LogP contribution in [0.25, 0.3) is 11.0 Å². The number of nitrogens with zero attached hydrogens (tertiary/aromatic N) is 2. The second-order valence-corrected chi connectivity index (χ2v) is 6.80. The number of hydrogen-bond acceptors (Lipinski definition) is 4. The minimum absolute atomic E-state index is 0.000202. The molecule has 0 amide bonds. The molecule has 0 radical (unpaired) electrons. The van der Waals surface area contributed by atoms with Gasteiger partial charge in [-0.3, -0.25) is 4.98 Å². The highest BCUT2D eigenvalue weighted by Gasteiger charge is 2.27. The lowest BCUT2D eigenvalue weighted by Gasteiger charge is -2.25. The number of aromatic nitrogens is 2. The standard InChI is InChI=1S/C12H16N6O3S/c13-11(14)17-12-15-9-2-1-8(7-10(9)16-12)22(19,20)18-3-5-21-6-4-18/h1-2,7H,3-6H2,(H5,13,14,15,16,17)/p+1. The van der Waals surface area contributed by atoms with Crippen LogP contribution >= 0.6 is 0 Å². The summed E-state index contributed by atoms with van der Waals surface area (Å²) in [6, 6.07) is 4.72. The van der Waals surface area contributed by atoms with E-state index in [1.807, 2.05) is 0 Å². The van der Waals surface area contributed by atoms with Crippen LogP contribution in [0.4, 0.5) is 5.95 Å². The molecule has 118 valence electrons. The van der Waals surface area contributed by atoms with Crippen molar-refractivity contribution in [3.63, 3.8) is 0 Å². The van der Waals surface area contributed by atoms with Crippen molar-refractivity contribution in [2.45, 2.75) is 4.90 Å². The first-order valence-corrected chi connectivity index (χ1v) is 8.13. The van der Waals surface area contributed by atoms with Crippen LogP contribution in [0.5, 0.6) is 0 Å². The van der Waals surface area contributed by atoms with Crippen LogP contribution in [0, 0.1) is 0 Å². The summed E-state index contributed by atoms with van der Waals surface area (Å²) in [6.07, 6.45) is 0. The van der Waals surface area contributed by atoms with Crippen LogP contribution in [0.2, 0.25) is 0 Å². The fourth-order valence-corrected chi connectivity index (χ4v) is 3.72. The summed E-state index contributed by atoms with van der Waals surface area (Å²) in [6.45, 7) is 1.53. The topological polar surface area (TPSA) is 141 Å². The number of sulfonamides is 1. The molecule has 3 rings (SSSR count). The molecule has 10 heteroatoms. The van der Waals surface area contributed by atoms with Crippen molar-refractivity contribution in [2.24, 2.45) is 11.5 Å². The fourth-order valence-electron chi connectivity index (χ4n) is 2.28. The highest BCUT2D eigenvalue weighted by Crippen LogP contribution is 2.21. The van der Waals surface area contributed by atoms with Gasteiger partial charge in [-0.25, -0.2) is 13.4 Å². The lowest BCUT2D eigenvalue weighted by Crippen LogP contribution is -2.73. The van der Waals surface area contributed by atoms with Crippen molar-refractivity contribution >= 4 is 33.0 Å². The molecule has 0 saturated carbocycles. The summed E-state index contributed by atoms with van der Waals surface area (Å²) in [5.74, 6) is 0.358. The molecule has 2 heterocycles. The molecule has 0 aliphatic carbocycles. The second kappa shape index (κ2) is 5.55. The molecule has 9 nitrogen and oxygen atoms in total. The molecule has 1 aliphatic rings. The maximum atomic E-state index is 12.6. The van der Waals surface area contributed by atoms with E-state index in [0.717, 1.165) is 0 Å². The first kappa shape index (κ1) is 14.8. The summed E-state index contributed by atoms with van der Waals surface area (Å²) in [5.41, 5.74) is 11.9. The van der Waals surface area contributed by atoms with Gasteiger partial charge in [-0.05, 0) is 18.2 Å². The smallest absolute Gasteiger partial charge is 0.323 e. The van der Waals surface area contributed by atoms with Crippen LogP contribution in [0.3, 0.4) is 0 Å². The molecular formula is C12H17N6O3S+. The zero-order chi connectivity index (χ0) is 15.7. The molecule has 1 aromatic heterocycles. The van der Waals surface area contributed by atoms with Gasteiger partial charge in [0.05, 0.1) is 18.1 Å². The van der Waals surface area contributed by atoms with E-state index in [1.54, 1.807) is 12.1 Å². The van der Waals surface area contributed by atoms with Crippen molar-refractivity contribution < 1.29 is 18.1 Å². The fraction of sp³-hybridized carbons (Fsp3) is 0.333. The lowest BCUT2D eigenvalue weighted by molar-refractivity contribution is -0.365. The average Bonchev–Trinajstić information content (AvgIpc) is 2.88. The molecule has 6 N–H and O–H groups in total. The summed E-state index contributed by atoms with van der Waals surface area (Å²) in [5, 5.41) is 0. The van der Waals surface area contributed by atoms with Crippen molar-refractivity contribution in [3.8, 4) is 0 Å². The number of hydrogen-bond donors (Lipinski definition) is 4. The number of ether oxygens (including phenoxy) is 1. The van der Waals surface area contributed by atoms with Gasteiger partial charge in [0, 0.05) is 13.1 Å². The van der Waals surface area contributed by atoms with Crippen molar-refractivity contribution in [1.82, 2.24) is 14.3 Å². The quantitative estimate of drug-likeness (QED) is 0.365. The first-order chi connectivity index (χ1) is 10.5. The number of fused-ring (bicyclic) bond motifs is 1. The van der Waals surface area contributed by atoms with Gasteiger partial charge < -0.3 is 16.2 Å². The lowest BCUT2D eigenvalue weighted by atomic mass is 10.3. The minimum atomic E-state index is -3.54. The zero-order valence-electron chi connectivity index (χ0n) is 11.7. The van der Waals surface area contributed by atoms with E-state index < -0.39 is 10.0 Å². The van der Waals surface area contributed by atoms with E-state index in [9.17, 15) is 8.42 Å². The van der Waals surface area contributed by atoms with Crippen LogP contribution < -0.4 is 16.5 Å². The third-order valence-corrected chi connectivity index (χ3v) is 5.22. The maximum absolute atomic E-state index is 12.6. The SMILES string of the molecule is NC(N)=[NH+]c1nc2ccc(S(=O)(=O)N3CCOCC3)cc2[nH]1. The minimum Gasteiger partial charge on any atom is -0.379 e. The third-order valence-electron chi connectivity index (χ3n) is 3.32. The van der Waals surface area contributed by atoms with Gasteiger partial charge in [0.15, 0.2) is 0 Å². The van der Waals surface area contributed by atoms with E-state index in [-0.39, 0.29) is 10.9 Å². The molecule has 22 heavy (non-hydrogen) atoms. The molecular weight excluding hydrogens is 308 g/mol. The summed E-state index contributed by atoms with van der Waals surface area (Å²) < 4.78 is 31.8. The Bertz CT molecular complexity index is 818. The van der Waals surface area contributed by atoms with Crippen LogP contribution in [0.1, 0.15) is 0 Å². The predicted molar refractivity (Wildman–Crippen MR) is 79.7 cm³/mol. The molecule has 0 spiro atoms. The first-order valence-electron chi connectivity index (χ1n) is 6.69. The Hall–Kier alpha value is -2.17. The Morgan fingerprint density at radius 3 is 2.73 bits per heavy atom.